The van der Waals surface area contributed by atoms with Crippen molar-refractivity contribution in [1.82, 2.24) is 4.90 Å². The third kappa shape index (κ3) is 1.93. The van der Waals surface area contributed by atoms with Crippen molar-refractivity contribution >= 4 is 0 Å². The van der Waals surface area contributed by atoms with Gasteiger partial charge in [0.1, 0.15) is 5.72 Å². The molecule has 0 bridgehead atoms. The topological polar surface area (TPSA) is 49.5 Å². The van der Waals surface area contributed by atoms with Crippen molar-refractivity contribution in [3.05, 3.63) is 0 Å². The molecule has 1 rings (SSSR count). The zero-order valence-electron chi connectivity index (χ0n) is 5.80. The third-order valence-corrected chi connectivity index (χ3v) is 1.85. The Morgan fingerprint density at radius 1 is 1.44 bits per heavy atom. The molecule has 0 aliphatic carbocycles. The van der Waals surface area contributed by atoms with Crippen molar-refractivity contribution in [2.45, 2.75) is 18.6 Å². The minimum absolute atomic E-state index is 0.698. The molecule has 0 unspecified atom stereocenters. The van der Waals surface area contributed by atoms with Crippen LogP contribution in [0.2, 0.25) is 0 Å². The Kier molecular flexibility index (Phi) is 1.75. The quantitative estimate of drug-likeness (QED) is 0.429. The van der Waals surface area contributed by atoms with Crippen molar-refractivity contribution in [2.24, 2.45) is 5.73 Å². The minimum atomic E-state index is -0.882. The van der Waals surface area contributed by atoms with E-state index in [4.69, 9.17) is 5.73 Å². The fourth-order valence-electron chi connectivity index (χ4n) is 1.01. The molecule has 1 heterocycles. The van der Waals surface area contributed by atoms with E-state index in [1.165, 1.54) is 0 Å². The van der Waals surface area contributed by atoms with Gasteiger partial charge in [-0.25, -0.2) is 0 Å². The van der Waals surface area contributed by atoms with E-state index in [1.807, 2.05) is 7.05 Å². The van der Waals surface area contributed by atoms with Crippen molar-refractivity contribution in [3.63, 3.8) is 0 Å². The monoisotopic (exact) mass is 130 g/mol. The number of nitrogens with zero attached hydrogens (tertiary/aromatic N) is 1. The van der Waals surface area contributed by atoms with Crippen LogP contribution in [0.4, 0.5) is 0 Å². The Bertz CT molecular complexity index is 93.2. The van der Waals surface area contributed by atoms with E-state index in [9.17, 15) is 5.11 Å². The summed E-state index contributed by atoms with van der Waals surface area (Å²) in [6.07, 6.45) is 1.40. The van der Waals surface area contributed by atoms with Gasteiger partial charge in [0.15, 0.2) is 0 Å². The first-order valence-corrected chi connectivity index (χ1v) is 3.30. The van der Waals surface area contributed by atoms with Crippen LogP contribution in [0.25, 0.3) is 0 Å². The average Bonchev–Trinajstić information content (AvgIpc) is 1.78. The molecule has 0 saturated carbocycles. The molecule has 1 saturated heterocycles. The molecule has 3 heteroatoms. The van der Waals surface area contributed by atoms with Gasteiger partial charge in [0.05, 0.1) is 0 Å². The molecule has 0 amide bonds. The van der Waals surface area contributed by atoms with Crippen LogP contribution in [0.5, 0.6) is 0 Å². The molecule has 9 heavy (non-hydrogen) atoms. The standard InChI is InChI=1S/C6H14N2O/c1-8-4-2-6(7,9)3-5-8/h9H,2-5,7H2,1H3. The molecule has 0 aromatic rings. The van der Waals surface area contributed by atoms with E-state index in [-0.39, 0.29) is 0 Å². The number of rotatable bonds is 0. The molecular weight excluding hydrogens is 116 g/mol. The van der Waals surface area contributed by atoms with Crippen LogP contribution in [-0.4, -0.2) is 35.9 Å². The van der Waals surface area contributed by atoms with Gasteiger partial charge in [-0.1, -0.05) is 0 Å². The van der Waals surface area contributed by atoms with Crippen molar-refractivity contribution in [1.29, 1.82) is 0 Å². The number of piperidine rings is 1. The molecule has 1 fully saturated rings. The SMILES string of the molecule is CN1CCC(N)(O)CC1. The number of hydrogen-bond donors (Lipinski definition) is 2. The number of hydrogen-bond acceptors (Lipinski definition) is 3. The van der Waals surface area contributed by atoms with Gasteiger partial charge >= 0.3 is 0 Å². The highest BCUT2D eigenvalue weighted by Gasteiger charge is 2.25. The van der Waals surface area contributed by atoms with Crippen LogP contribution in [0.3, 0.4) is 0 Å². The summed E-state index contributed by atoms with van der Waals surface area (Å²) in [6.45, 7) is 1.82. The van der Waals surface area contributed by atoms with Crippen LogP contribution in [0.15, 0.2) is 0 Å². The first-order valence-electron chi connectivity index (χ1n) is 3.30. The predicted octanol–water partition coefficient (Wildman–Crippen LogP) is -0.641. The number of likely N-dealkylation sites (tertiary alicyclic amines) is 1. The fraction of sp³-hybridized carbons (Fsp3) is 1.00. The highest BCUT2D eigenvalue weighted by atomic mass is 16.3. The molecule has 0 aromatic carbocycles. The molecule has 1 aliphatic heterocycles. The number of nitrogens with two attached hydrogens (primary N) is 1. The smallest absolute Gasteiger partial charge is 0.116 e. The Morgan fingerprint density at radius 2 is 1.89 bits per heavy atom. The van der Waals surface area contributed by atoms with Crippen molar-refractivity contribution in [3.8, 4) is 0 Å². The zero-order valence-corrected chi connectivity index (χ0v) is 5.80. The molecule has 0 radical (unpaired) electrons. The fourth-order valence-corrected chi connectivity index (χ4v) is 1.01. The van der Waals surface area contributed by atoms with Crippen LogP contribution in [-0.2, 0) is 0 Å². The van der Waals surface area contributed by atoms with Gasteiger partial charge in [0.25, 0.3) is 0 Å². The first-order chi connectivity index (χ1) is 4.10. The van der Waals surface area contributed by atoms with Crippen LogP contribution in [0, 0.1) is 0 Å². The Labute approximate surface area is 55.5 Å². The lowest BCUT2D eigenvalue weighted by molar-refractivity contribution is -0.00989. The first kappa shape index (κ1) is 6.99. The van der Waals surface area contributed by atoms with Gasteiger partial charge < -0.3 is 15.7 Å². The van der Waals surface area contributed by atoms with Gasteiger partial charge in [0.2, 0.25) is 0 Å². The molecule has 1 aliphatic rings. The predicted molar refractivity (Wildman–Crippen MR) is 35.9 cm³/mol. The summed E-state index contributed by atoms with van der Waals surface area (Å²) in [6, 6.07) is 0. The molecule has 3 nitrogen and oxygen atoms in total. The number of aliphatic hydroxyl groups is 1. The van der Waals surface area contributed by atoms with Gasteiger partial charge in [-0.3, -0.25) is 0 Å². The summed E-state index contributed by atoms with van der Waals surface area (Å²) in [5, 5.41) is 9.24. The van der Waals surface area contributed by atoms with E-state index >= 15 is 0 Å². The van der Waals surface area contributed by atoms with Crippen molar-refractivity contribution in [2.75, 3.05) is 20.1 Å². The molecule has 3 N–H and O–H groups in total. The summed E-state index contributed by atoms with van der Waals surface area (Å²) in [5.74, 6) is 0. The lowest BCUT2D eigenvalue weighted by atomic mass is 10.0. The summed E-state index contributed by atoms with van der Waals surface area (Å²) in [7, 11) is 2.04. The van der Waals surface area contributed by atoms with Crippen LogP contribution < -0.4 is 5.73 Å². The van der Waals surface area contributed by atoms with E-state index in [0.717, 1.165) is 13.1 Å². The minimum Gasteiger partial charge on any atom is -0.376 e. The van der Waals surface area contributed by atoms with E-state index < -0.39 is 5.72 Å². The van der Waals surface area contributed by atoms with Crippen LogP contribution in [0.1, 0.15) is 12.8 Å². The second-order valence-electron chi connectivity index (χ2n) is 2.91. The summed E-state index contributed by atoms with van der Waals surface area (Å²) in [4.78, 5) is 2.17. The highest BCUT2D eigenvalue weighted by Crippen LogP contribution is 2.14. The molecular formula is C6H14N2O. The maximum atomic E-state index is 9.24. The highest BCUT2D eigenvalue weighted by molar-refractivity contribution is 4.78. The lowest BCUT2D eigenvalue weighted by Crippen LogP contribution is -2.49. The largest absolute Gasteiger partial charge is 0.376 e. The van der Waals surface area contributed by atoms with Gasteiger partial charge in [-0.2, -0.15) is 0 Å². The normalized spacial score (nSPS) is 28.3. The molecule has 0 spiro atoms. The van der Waals surface area contributed by atoms with Gasteiger partial charge in [-0.05, 0) is 7.05 Å². The Hall–Kier alpha value is -0.120. The van der Waals surface area contributed by atoms with Gasteiger partial charge in [-0.15, -0.1) is 0 Å². The Balaban J connectivity index is 2.35. The third-order valence-electron chi connectivity index (χ3n) is 1.85. The molecule has 0 atom stereocenters. The maximum absolute atomic E-state index is 9.24. The Morgan fingerprint density at radius 3 is 2.22 bits per heavy atom. The zero-order chi connectivity index (χ0) is 6.91. The maximum Gasteiger partial charge on any atom is 0.116 e. The van der Waals surface area contributed by atoms with Gasteiger partial charge in [0, 0.05) is 25.9 Å². The molecule has 0 aromatic heterocycles. The average molecular weight is 130 g/mol. The summed E-state index contributed by atoms with van der Waals surface area (Å²) >= 11 is 0. The molecule has 54 valence electrons. The lowest BCUT2D eigenvalue weighted by Gasteiger charge is -2.33. The summed E-state index contributed by atoms with van der Waals surface area (Å²) < 4.78 is 0. The second kappa shape index (κ2) is 2.25. The van der Waals surface area contributed by atoms with Crippen LogP contribution >= 0.6 is 0 Å². The van der Waals surface area contributed by atoms with E-state index in [0.29, 0.717) is 12.8 Å². The van der Waals surface area contributed by atoms with E-state index in [2.05, 4.69) is 4.90 Å². The van der Waals surface area contributed by atoms with Crippen molar-refractivity contribution < 1.29 is 5.11 Å². The summed E-state index contributed by atoms with van der Waals surface area (Å²) in [5.41, 5.74) is 4.59. The van der Waals surface area contributed by atoms with E-state index in [1.54, 1.807) is 0 Å². The second-order valence-corrected chi connectivity index (χ2v) is 2.91.